The largest absolute Gasteiger partial charge is 0.416 e. The number of alkyl halides is 3. The summed E-state index contributed by atoms with van der Waals surface area (Å²) in [6.45, 7) is 2.20. The highest BCUT2D eigenvalue weighted by molar-refractivity contribution is 9.10. The lowest BCUT2D eigenvalue weighted by Crippen LogP contribution is -2.27. The molecule has 0 aliphatic heterocycles. The summed E-state index contributed by atoms with van der Waals surface area (Å²) in [5.74, 6) is 0.731. The molecule has 20 heavy (non-hydrogen) atoms. The van der Waals surface area contributed by atoms with Crippen LogP contribution in [0.15, 0.2) is 22.7 Å². The quantitative estimate of drug-likeness (QED) is 0.721. The average Bonchev–Trinajstić information content (AvgIpc) is 2.40. The summed E-state index contributed by atoms with van der Waals surface area (Å²) in [7, 11) is 0. The first-order valence-electron chi connectivity index (χ1n) is 7.03. The maximum absolute atomic E-state index is 12.6. The van der Waals surface area contributed by atoms with Gasteiger partial charge < -0.3 is 5.32 Å². The minimum absolute atomic E-state index is 0.363. The van der Waals surface area contributed by atoms with Crippen LogP contribution in [0.1, 0.15) is 44.6 Å². The molecule has 0 bridgehead atoms. The summed E-state index contributed by atoms with van der Waals surface area (Å²) in [5, 5.41) is 3.38. The van der Waals surface area contributed by atoms with Crippen LogP contribution in [-0.4, -0.2) is 6.04 Å². The third-order valence-corrected chi connectivity index (χ3v) is 4.67. The number of anilines is 1. The van der Waals surface area contributed by atoms with E-state index in [0.29, 0.717) is 10.5 Å². The summed E-state index contributed by atoms with van der Waals surface area (Å²) < 4.78 is 38.3. The van der Waals surface area contributed by atoms with Gasteiger partial charge in [-0.3, -0.25) is 0 Å². The molecule has 1 nitrogen and oxygen atoms in total. The van der Waals surface area contributed by atoms with Gasteiger partial charge in [0.2, 0.25) is 0 Å². The molecular weight excluding hydrogens is 331 g/mol. The Morgan fingerprint density at radius 3 is 2.65 bits per heavy atom. The van der Waals surface area contributed by atoms with Gasteiger partial charge in [0.25, 0.3) is 0 Å². The van der Waals surface area contributed by atoms with Gasteiger partial charge in [0.05, 0.1) is 5.56 Å². The molecule has 0 saturated heterocycles. The fourth-order valence-electron chi connectivity index (χ4n) is 2.82. The van der Waals surface area contributed by atoms with Gasteiger partial charge in [0.15, 0.2) is 0 Å². The highest BCUT2D eigenvalue weighted by Gasteiger charge is 2.31. The Labute approximate surface area is 126 Å². The van der Waals surface area contributed by atoms with Gasteiger partial charge in [-0.2, -0.15) is 13.2 Å². The van der Waals surface area contributed by atoms with E-state index in [4.69, 9.17) is 0 Å². The molecule has 2 unspecified atom stereocenters. The summed E-state index contributed by atoms with van der Waals surface area (Å²) >= 11 is 3.24. The van der Waals surface area contributed by atoms with Crippen molar-refractivity contribution in [2.24, 2.45) is 5.92 Å². The van der Waals surface area contributed by atoms with E-state index in [1.165, 1.54) is 25.3 Å². The molecule has 0 aromatic heterocycles. The molecule has 1 saturated carbocycles. The van der Waals surface area contributed by atoms with E-state index in [9.17, 15) is 13.2 Å². The zero-order chi connectivity index (χ0) is 14.8. The van der Waals surface area contributed by atoms with Crippen LogP contribution < -0.4 is 5.32 Å². The van der Waals surface area contributed by atoms with Crippen molar-refractivity contribution in [3.8, 4) is 0 Å². The van der Waals surface area contributed by atoms with E-state index in [2.05, 4.69) is 28.2 Å². The molecule has 1 aliphatic rings. The standard InChI is InChI=1S/C15H19BrF3N/c1-2-10-4-3-5-12(8-10)20-14-7-6-11(9-13(14)16)15(17,18)19/h6-7,9-10,12,20H,2-5,8H2,1H3. The normalized spacial score (nSPS) is 23.6. The monoisotopic (exact) mass is 349 g/mol. The Morgan fingerprint density at radius 2 is 2.05 bits per heavy atom. The second-order valence-corrected chi connectivity index (χ2v) is 6.33. The van der Waals surface area contributed by atoms with E-state index < -0.39 is 11.7 Å². The molecular formula is C15H19BrF3N. The van der Waals surface area contributed by atoms with E-state index in [-0.39, 0.29) is 0 Å². The molecule has 2 rings (SSSR count). The second-order valence-electron chi connectivity index (χ2n) is 5.47. The molecule has 1 aliphatic carbocycles. The van der Waals surface area contributed by atoms with Crippen molar-refractivity contribution in [1.82, 2.24) is 0 Å². The van der Waals surface area contributed by atoms with E-state index in [1.807, 2.05) is 0 Å². The number of benzene rings is 1. The molecule has 0 radical (unpaired) electrons. The van der Waals surface area contributed by atoms with Crippen molar-refractivity contribution in [1.29, 1.82) is 0 Å². The fraction of sp³-hybridized carbons (Fsp3) is 0.600. The van der Waals surface area contributed by atoms with Crippen molar-refractivity contribution >= 4 is 21.6 Å². The van der Waals surface area contributed by atoms with Gasteiger partial charge in [-0.15, -0.1) is 0 Å². The van der Waals surface area contributed by atoms with Crippen LogP contribution in [0.2, 0.25) is 0 Å². The first-order valence-corrected chi connectivity index (χ1v) is 7.82. The SMILES string of the molecule is CCC1CCCC(Nc2ccc(C(F)(F)F)cc2Br)C1. The maximum Gasteiger partial charge on any atom is 0.416 e. The number of nitrogens with one attached hydrogen (secondary N) is 1. The molecule has 2 atom stereocenters. The van der Waals surface area contributed by atoms with Crippen molar-refractivity contribution in [2.75, 3.05) is 5.32 Å². The summed E-state index contributed by atoms with van der Waals surface area (Å²) in [6.07, 6.45) is 1.52. The summed E-state index contributed by atoms with van der Waals surface area (Å²) in [6, 6.07) is 4.15. The third kappa shape index (κ3) is 3.90. The van der Waals surface area contributed by atoms with E-state index in [1.54, 1.807) is 0 Å². The van der Waals surface area contributed by atoms with Crippen molar-refractivity contribution < 1.29 is 13.2 Å². The van der Waals surface area contributed by atoms with Gasteiger partial charge in [-0.1, -0.05) is 26.2 Å². The van der Waals surface area contributed by atoms with Crippen molar-refractivity contribution in [2.45, 2.75) is 51.2 Å². The van der Waals surface area contributed by atoms with Crippen LogP contribution in [0, 0.1) is 5.92 Å². The van der Waals surface area contributed by atoms with Gasteiger partial charge in [-0.05, 0) is 52.9 Å². The highest BCUT2D eigenvalue weighted by Crippen LogP contribution is 2.35. The Morgan fingerprint density at radius 1 is 1.30 bits per heavy atom. The lowest BCUT2D eigenvalue weighted by Gasteiger charge is -2.30. The number of hydrogen-bond acceptors (Lipinski definition) is 1. The predicted octanol–water partition coefficient (Wildman–Crippen LogP) is 5.85. The van der Waals surface area contributed by atoms with Gasteiger partial charge in [-0.25, -0.2) is 0 Å². The molecule has 0 amide bonds. The smallest absolute Gasteiger partial charge is 0.381 e. The minimum atomic E-state index is -4.29. The lowest BCUT2D eigenvalue weighted by atomic mass is 9.84. The van der Waals surface area contributed by atoms with Crippen LogP contribution in [0.3, 0.4) is 0 Å². The van der Waals surface area contributed by atoms with Crippen LogP contribution in [0.5, 0.6) is 0 Å². The van der Waals surface area contributed by atoms with Gasteiger partial charge in [0.1, 0.15) is 0 Å². The molecule has 112 valence electrons. The van der Waals surface area contributed by atoms with Gasteiger partial charge >= 0.3 is 6.18 Å². The Bertz CT molecular complexity index is 459. The first kappa shape index (κ1) is 15.7. The molecule has 0 spiro atoms. The van der Waals surface area contributed by atoms with Gasteiger partial charge in [0, 0.05) is 16.2 Å². The topological polar surface area (TPSA) is 12.0 Å². The number of halogens is 4. The second kappa shape index (κ2) is 6.37. The molecule has 0 heterocycles. The summed E-state index contributed by atoms with van der Waals surface area (Å²) in [5.41, 5.74) is 0.129. The Hall–Kier alpha value is -0.710. The highest BCUT2D eigenvalue weighted by atomic mass is 79.9. The third-order valence-electron chi connectivity index (χ3n) is 4.02. The van der Waals surface area contributed by atoms with Crippen molar-refractivity contribution in [3.63, 3.8) is 0 Å². The zero-order valence-corrected chi connectivity index (χ0v) is 13.0. The molecule has 1 N–H and O–H groups in total. The van der Waals surface area contributed by atoms with Crippen LogP contribution in [0.4, 0.5) is 18.9 Å². The Balaban J connectivity index is 2.06. The minimum Gasteiger partial charge on any atom is -0.381 e. The van der Waals surface area contributed by atoms with Crippen LogP contribution >= 0.6 is 15.9 Å². The van der Waals surface area contributed by atoms with Crippen LogP contribution in [-0.2, 0) is 6.18 Å². The molecule has 5 heteroatoms. The van der Waals surface area contributed by atoms with Crippen LogP contribution in [0.25, 0.3) is 0 Å². The van der Waals surface area contributed by atoms with E-state index >= 15 is 0 Å². The zero-order valence-electron chi connectivity index (χ0n) is 11.4. The molecule has 1 fully saturated rings. The fourth-order valence-corrected chi connectivity index (χ4v) is 3.31. The molecule has 1 aromatic rings. The number of hydrogen-bond donors (Lipinski definition) is 1. The molecule has 1 aromatic carbocycles. The Kier molecular flexibility index (Phi) is 4.99. The number of rotatable bonds is 3. The predicted molar refractivity (Wildman–Crippen MR) is 78.8 cm³/mol. The summed E-state index contributed by atoms with van der Waals surface area (Å²) in [4.78, 5) is 0. The maximum atomic E-state index is 12.6. The lowest BCUT2D eigenvalue weighted by molar-refractivity contribution is -0.137. The van der Waals surface area contributed by atoms with Crippen molar-refractivity contribution in [3.05, 3.63) is 28.2 Å². The first-order chi connectivity index (χ1) is 9.40. The van der Waals surface area contributed by atoms with E-state index in [0.717, 1.165) is 36.6 Å². The average molecular weight is 350 g/mol.